The van der Waals surface area contributed by atoms with Crippen LogP contribution < -0.4 is 26.2 Å². The van der Waals surface area contributed by atoms with Crippen LogP contribution >= 0.6 is 23.2 Å². The summed E-state index contributed by atoms with van der Waals surface area (Å²) in [7, 11) is 1.78. The minimum atomic E-state index is -1.36. The van der Waals surface area contributed by atoms with Crippen molar-refractivity contribution >= 4 is 64.5 Å². The van der Waals surface area contributed by atoms with Crippen LogP contribution in [0.3, 0.4) is 0 Å². The molecule has 0 bridgehead atoms. The molecule has 3 saturated heterocycles. The van der Waals surface area contributed by atoms with Crippen molar-refractivity contribution in [3.63, 3.8) is 0 Å². The van der Waals surface area contributed by atoms with Gasteiger partial charge < -0.3 is 20.3 Å². The van der Waals surface area contributed by atoms with E-state index in [0.29, 0.717) is 53.0 Å². The number of nitrogens with one attached hydrogen (secondary N) is 4. The number of aromatic nitrogens is 3. The van der Waals surface area contributed by atoms with Crippen LogP contribution in [0.25, 0.3) is 5.65 Å². The van der Waals surface area contributed by atoms with Crippen LogP contribution in [0.1, 0.15) is 101 Å². The number of hydrogen-bond donors (Lipinski definition) is 4. The molecular formula is C51H61Cl2FN10O4. The minimum absolute atomic E-state index is 0.0316. The number of aldehydes is 1. The fourth-order valence-electron chi connectivity index (χ4n) is 11.8. The molecule has 2 aliphatic carbocycles. The lowest BCUT2D eigenvalue weighted by atomic mass is 9.53. The fourth-order valence-corrected chi connectivity index (χ4v) is 12.2. The lowest BCUT2D eigenvalue weighted by Gasteiger charge is -2.51. The summed E-state index contributed by atoms with van der Waals surface area (Å²) >= 11 is 12.9. The van der Waals surface area contributed by atoms with Gasteiger partial charge in [-0.3, -0.25) is 34.4 Å². The van der Waals surface area contributed by atoms with Gasteiger partial charge >= 0.3 is 6.03 Å². The van der Waals surface area contributed by atoms with E-state index in [9.17, 15) is 19.2 Å². The second-order valence-electron chi connectivity index (χ2n) is 20.2. The Balaban J connectivity index is 0.812. The first-order valence-corrected chi connectivity index (χ1v) is 24.8. The van der Waals surface area contributed by atoms with Crippen molar-refractivity contribution in [2.75, 3.05) is 63.1 Å². The van der Waals surface area contributed by atoms with E-state index in [1.54, 1.807) is 31.4 Å². The quantitative estimate of drug-likeness (QED) is 0.0707. The molecule has 4 N–H and O–H groups in total. The zero-order valence-electron chi connectivity index (χ0n) is 39.1. The number of carbonyl (C=O) groups excluding carboxylic acids is 4. The van der Waals surface area contributed by atoms with E-state index in [1.165, 1.54) is 11.1 Å². The molecule has 2 saturated carbocycles. The molecule has 4 aromatic rings. The number of rotatable bonds is 11. The van der Waals surface area contributed by atoms with Crippen LogP contribution in [0.15, 0.2) is 55.0 Å². The van der Waals surface area contributed by atoms with Gasteiger partial charge in [-0.05, 0) is 104 Å². The monoisotopic (exact) mass is 966 g/mol. The highest BCUT2D eigenvalue weighted by Gasteiger charge is 2.68. The van der Waals surface area contributed by atoms with Crippen molar-refractivity contribution in [3.8, 4) is 11.8 Å². The predicted octanol–water partition coefficient (Wildman–Crippen LogP) is 6.93. The van der Waals surface area contributed by atoms with Gasteiger partial charge in [0.2, 0.25) is 11.8 Å². The van der Waals surface area contributed by atoms with E-state index in [4.69, 9.17) is 23.2 Å². The molecule has 0 radical (unpaired) electrons. The highest BCUT2D eigenvalue weighted by molar-refractivity contribution is 6.31. The summed E-state index contributed by atoms with van der Waals surface area (Å²) in [5, 5.41) is 13.0. The number of nitrogens with zero attached hydrogens (tertiary/aromatic N) is 6. The number of fused-ring (bicyclic) bond motifs is 1. The molecule has 3 aromatic heterocycles. The first-order chi connectivity index (χ1) is 32.7. The molecule has 3 atom stereocenters. The van der Waals surface area contributed by atoms with E-state index in [1.807, 2.05) is 28.8 Å². The molecule has 68 heavy (non-hydrogen) atoms. The molecule has 17 heteroatoms. The smallest absolute Gasteiger partial charge is 0.329 e. The fraction of sp³-hybridized carbons (Fsp3) is 0.529. The Kier molecular flexibility index (Phi) is 13.9. The van der Waals surface area contributed by atoms with Gasteiger partial charge in [0.25, 0.3) is 0 Å². The second kappa shape index (κ2) is 19.7. The average Bonchev–Trinajstić information content (AvgIpc) is 3.89. The topological polar surface area (TPSA) is 156 Å². The van der Waals surface area contributed by atoms with Crippen molar-refractivity contribution in [2.45, 2.75) is 107 Å². The summed E-state index contributed by atoms with van der Waals surface area (Å²) in [6.45, 7) is 10.6. The van der Waals surface area contributed by atoms with Gasteiger partial charge in [-0.1, -0.05) is 55.0 Å². The number of anilines is 2. The zero-order valence-corrected chi connectivity index (χ0v) is 40.6. The second-order valence-corrected chi connectivity index (χ2v) is 21.0. The number of hydrogen-bond acceptors (Lipinski definition) is 10. The highest BCUT2D eigenvalue weighted by atomic mass is 35.5. The maximum Gasteiger partial charge on any atom is 0.329 e. The largest absolute Gasteiger partial charge is 0.388 e. The Morgan fingerprint density at radius 3 is 2.46 bits per heavy atom. The summed E-state index contributed by atoms with van der Waals surface area (Å²) in [5.41, 5.74) is 0.754. The molecule has 360 valence electrons. The van der Waals surface area contributed by atoms with Crippen LogP contribution in [0.2, 0.25) is 10.2 Å². The third-order valence-corrected chi connectivity index (χ3v) is 16.2. The molecule has 5 aliphatic rings. The van der Waals surface area contributed by atoms with Gasteiger partial charge in [0.05, 0.1) is 23.2 Å². The first kappa shape index (κ1) is 47.9. The Hall–Kier alpha value is -5.11. The average molecular weight is 968 g/mol. The number of halogens is 3. The van der Waals surface area contributed by atoms with E-state index in [0.717, 1.165) is 96.1 Å². The van der Waals surface area contributed by atoms with Crippen LogP contribution in [-0.4, -0.2) is 119 Å². The molecule has 0 unspecified atom stereocenters. The molecular weight excluding hydrogens is 907 g/mol. The van der Waals surface area contributed by atoms with E-state index in [2.05, 4.69) is 66.7 Å². The van der Waals surface area contributed by atoms with Gasteiger partial charge in [0.1, 0.15) is 12.1 Å². The Morgan fingerprint density at radius 1 is 0.985 bits per heavy atom. The van der Waals surface area contributed by atoms with Crippen molar-refractivity contribution in [1.29, 1.82) is 0 Å². The molecule has 14 nitrogen and oxygen atoms in total. The summed E-state index contributed by atoms with van der Waals surface area (Å²) in [6, 6.07) is 9.35. The standard InChI is InChI=1S/C51H61Cl2FN10O4/c1-49(2)17-19-50(20-18-49)51(32-65,38-14-11-35(52)29-39(38)55-3)42(37-15-21-56-45(53)43(37)54)44(60-50)47(67)58-36-12-9-33(10-13-36)31-62-27-25-61(26-28-62)22-5-4-7-34-8-6-23-63-41(30-57-46(34)63)64-24-16-40(66)59-48(64)68/h6,8,11,14-15,21,23,29-30,32-33,36,42,44,55,60H,5,9-10,12-13,16-20,22,24-28,31H2,1-3H3,(H,58,67)(H,59,66,68)/t33-,36-,42-,44+,51+/m0/s1. The van der Waals surface area contributed by atoms with Crippen molar-refractivity contribution in [3.05, 3.63) is 87.7 Å². The van der Waals surface area contributed by atoms with Gasteiger partial charge in [-0.25, -0.2) is 19.2 Å². The Morgan fingerprint density at radius 2 is 1.74 bits per heavy atom. The summed E-state index contributed by atoms with van der Waals surface area (Å²) < 4.78 is 18.3. The van der Waals surface area contributed by atoms with Gasteiger partial charge in [-0.2, -0.15) is 0 Å². The van der Waals surface area contributed by atoms with Crippen LogP contribution in [0.5, 0.6) is 0 Å². The van der Waals surface area contributed by atoms with Gasteiger partial charge in [-0.15, -0.1) is 0 Å². The lowest BCUT2D eigenvalue weighted by Crippen LogP contribution is -2.60. The molecule has 4 amide bonds. The summed E-state index contributed by atoms with van der Waals surface area (Å²) in [5.74, 6) is 5.56. The third-order valence-electron chi connectivity index (χ3n) is 15.7. The van der Waals surface area contributed by atoms with Crippen molar-refractivity contribution in [2.24, 2.45) is 11.3 Å². The van der Waals surface area contributed by atoms with Gasteiger partial charge in [0, 0.05) is 106 Å². The first-order valence-electron chi connectivity index (χ1n) is 24.1. The molecule has 9 rings (SSSR count). The number of imidazole rings is 1. The maximum absolute atomic E-state index is 16.4. The van der Waals surface area contributed by atoms with Crippen molar-refractivity contribution < 1.29 is 23.6 Å². The highest BCUT2D eigenvalue weighted by Crippen LogP contribution is 2.61. The molecule has 1 aromatic carbocycles. The van der Waals surface area contributed by atoms with E-state index >= 15 is 4.39 Å². The number of pyridine rings is 2. The molecule has 6 heterocycles. The van der Waals surface area contributed by atoms with Crippen LogP contribution in [0.4, 0.5) is 20.7 Å². The summed E-state index contributed by atoms with van der Waals surface area (Å²) in [4.78, 5) is 68.3. The number of imide groups is 1. The predicted molar refractivity (Wildman–Crippen MR) is 262 cm³/mol. The Bertz CT molecular complexity index is 2620. The Labute approximate surface area is 407 Å². The number of benzene rings is 1. The normalized spacial score (nSPS) is 26.3. The van der Waals surface area contributed by atoms with Crippen LogP contribution in [-0.2, 0) is 19.8 Å². The maximum atomic E-state index is 16.4. The lowest BCUT2D eigenvalue weighted by molar-refractivity contribution is -0.124. The van der Waals surface area contributed by atoms with Crippen LogP contribution in [0, 0.1) is 29.0 Å². The zero-order chi connectivity index (χ0) is 47.8. The van der Waals surface area contributed by atoms with Gasteiger partial charge in [0.15, 0.2) is 16.6 Å². The third kappa shape index (κ3) is 9.22. The molecule has 5 fully saturated rings. The summed E-state index contributed by atoms with van der Waals surface area (Å²) in [6.07, 6.45) is 13.4. The number of piperazine rings is 1. The number of urea groups is 1. The van der Waals surface area contributed by atoms with E-state index in [-0.39, 0.29) is 40.4 Å². The minimum Gasteiger partial charge on any atom is -0.388 e. The molecule has 1 spiro atoms. The number of amides is 4. The molecule has 3 aliphatic heterocycles. The SMILES string of the molecule is CNc1cc(Cl)ccc1[C@]1(C=O)[C@@H](c2ccnc(Cl)c2F)[C@H](C(=O)N[C@H]2CC[C@H](CN3CCN(CCC#Cc4cccn5c(N6CCC(=O)NC6=O)cnc45)CC3)CC2)NC12CCC(C)(C)CC2. The van der Waals surface area contributed by atoms with E-state index < -0.39 is 34.8 Å². The van der Waals surface area contributed by atoms with Crippen molar-refractivity contribution in [1.82, 2.24) is 40.1 Å². The number of carbonyl (C=O) groups is 4.